The Balaban J connectivity index is 2.18. The summed E-state index contributed by atoms with van der Waals surface area (Å²) in [7, 11) is 0. The van der Waals surface area contributed by atoms with Gasteiger partial charge in [-0.1, -0.05) is 12.5 Å². The van der Waals surface area contributed by atoms with Crippen molar-refractivity contribution in [1.29, 1.82) is 0 Å². The Morgan fingerprint density at radius 3 is 3.11 bits per heavy atom. The zero-order chi connectivity index (χ0) is 13.0. The van der Waals surface area contributed by atoms with E-state index in [0.717, 1.165) is 25.9 Å². The molecule has 1 N–H and O–H groups in total. The van der Waals surface area contributed by atoms with E-state index in [9.17, 15) is 4.79 Å². The van der Waals surface area contributed by atoms with E-state index in [1.165, 1.54) is 12.8 Å². The summed E-state index contributed by atoms with van der Waals surface area (Å²) in [6.45, 7) is 8.81. The highest BCUT2D eigenvalue weighted by Gasteiger charge is 2.53. The molecule has 2 aliphatic rings. The average molecular weight is 252 g/mol. The standard InChI is InChI=1S/C14H24N2O2/c1-3-9-15-14(13(17)18-4-2)8-11-16-10-6-5-7-12(14)16/h3,12,15H,1,4-11H2,2H3. The molecule has 0 radical (unpaired) electrons. The van der Waals surface area contributed by atoms with Crippen molar-refractivity contribution in [2.75, 3.05) is 26.2 Å². The first kappa shape index (κ1) is 13.6. The van der Waals surface area contributed by atoms with E-state index >= 15 is 0 Å². The van der Waals surface area contributed by atoms with Gasteiger partial charge in [0.1, 0.15) is 5.54 Å². The van der Waals surface area contributed by atoms with Crippen LogP contribution in [0.4, 0.5) is 0 Å². The summed E-state index contributed by atoms with van der Waals surface area (Å²) in [6.07, 6.45) is 6.20. The van der Waals surface area contributed by atoms with Crippen molar-refractivity contribution in [1.82, 2.24) is 10.2 Å². The van der Waals surface area contributed by atoms with Crippen LogP contribution in [0.5, 0.6) is 0 Å². The van der Waals surface area contributed by atoms with Crippen molar-refractivity contribution in [2.45, 2.75) is 44.2 Å². The predicted molar refractivity (Wildman–Crippen MR) is 71.4 cm³/mol. The number of fused-ring (bicyclic) bond motifs is 1. The molecular weight excluding hydrogens is 228 g/mol. The van der Waals surface area contributed by atoms with Gasteiger partial charge in [0.15, 0.2) is 0 Å². The van der Waals surface area contributed by atoms with Gasteiger partial charge < -0.3 is 4.74 Å². The highest BCUT2D eigenvalue weighted by molar-refractivity contribution is 5.82. The molecule has 2 rings (SSSR count). The Morgan fingerprint density at radius 2 is 2.39 bits per heavy atom. The van der Waals surface area contributed by atoms with E-state index in [-0.39, 0.29) is 5.97 Å². The van der Waals surface area contributed by atoms with Gasteiger partial charge in [-0.15, -0.1) is 6.58 Å². The number of carbonyl (C=O) groups is 1. The maximum atomic E-state index is 12.4. The van der Waals surface area contributed by atoms with Crippen molar-refractivity contribution in [3.05, 3.63) is 12.7 Å². The number of rotatable bonds is 5. The molecule has 0 bridgehead atoms. The van der Waals surface area contributed by atoms with Crippen LogP contribution in [0, 0.1) is 0 Å². The number of piperidine rings is 1. The third-order valence-electron chi connectivity index (χ3n) is 4.18. The van der Waals surface area contributed by atoms with Crippen LogP contribution in [-0.2, 0) is 9.53 Å². The third-order valence-corrected chi connectivity index (χ3v) is 4.18. The van der Waals surface area contributed by atoms with Gasteiger partial charge in [-0.25, -0.2) is 4.79 Å². The van der Waals surface area contributed by atoms with Gasteiger partial charge in [-0.2, -0.15) is 0 Å². The van der Waals surface area contributed by atoms with E-state index in [4.69, 9.17) is 4.74 Å². The van der Waals surface area contributed by atoms with Crippen LogP contribution >= 0.6 is 0 Å². The van der Waals surface area contributed by atoms with Crippen molar-refractivity contribution >= 4 is 5.97 Å². The summed E-state index contributed by atoms with van der Waals surface area (Å²) in [5, 5.41) is 3.39. The van der Waals surface area contributed by atoms with Gasteiger partial charge in [0.25, 0.3) is 0 Å². The predicted octanol–water partition coefficient (Wildman–Crippen LogP) is 1.32. The maximum absolute atomic E-state index is 12.4. The van der Waals surface area contributed by atoms with Crippen LogP contribution in [0.3, 0.4) is 0 Å². The molecule has 102 valence electrons. The van der Waals surface area contributed by atoms with Crippen LogP contribution in [-0.4, -0.2) is 48.7 Å². The average Bonchev–Trinajstić information content (AvgIpc) is 2.77. The lowest BCUT2D eigenvalue weighted by Crippen LogP contribution is -2.61. The number of esters is 1. The SMILES string of the molecule is C=CCNC1(C(=O)OCC)CCN2CCCCC21. The Hall–Kier alpha value is -0.870. The summed E-state index contributed by atoms with van der Waals surface area (Å²) in [6, 6.07) is 0.297. The Labute approximate surface area is 109 Å². The van der Waals surface area contributed by atoms with Crippen LogP contribution in [0.1, 0.15) is 32.6 Å². The van der Waals surface area contributed by atoms with Gasteiger partial charge in [0.2, 0.25) is 0 Å². The number of hydrogen-bond donors (Lipinski definition) is 1. The fraction of sp³-hybridized carbons (Fsp3) is 0.786. The first-order chi connectivity index (χ1) is 8.74. The van der Waals surface area contributed by atoms with Crippen LogP contribution < -0.4 is 5.32 Å². The lowest BCUT2D eigenvalue weighted by atomic mass is 9.85. The molecule has 2 heterocycles. The van der Waals surface area contributed by atoms with E-state index < -0.39 is 5.54 Å². The zero-order valence-electron chi connectivity index (χ0n) is 11.3. The molecule has 2 atom stereocenters. The number of nitrogens with one attached hydrogen (secondary N) is 1. The molecule has 2 unspecified atom stereocenters. The Kier molecular flexibility index (Phi) is 4.40. The number of ether oxygens (including phenoxy) is 1. The van der Waals surface area contributed by atoms with Crippen LogP contribution in [0.15, 0.2) is 12.7 Å². The fourth-order valence-electron chi connectivity index (χ4n) is 3.33. The summed E-state index contributed by atoms with van der Waals surface area (Å²) in [4.78, 5) is 14.8. The molecule has 0 amide bonds. The molecule has 0 spiro atoms. The van der Waals surface area contributed by atoms with Crippen molar-refractivity contribution in [3.8, 4) is 0 Å². The zero-order valence-corrected chi connectivity index (χ0v) is 11.3. The number of carbonyl (C=O) groups excluding carboxylic acids is 1. The minimum Gasteiger partial charge on any atom is -0.465 e. The van der Waals surface area contributed by atoms with Gasteiger partial charge in [-0.05, 0) is 32.7 Å². The van der Waals surface area contributed by atoms with Crippen molar-refractivity contribution in [2.24, 2.45) is 0 Å². The smallest absolute Gasteiger partial charge is 0.328 e. The molecule has 0 aromatic rings. The second kappa shape index (κ2) is 5.85. The molecule has 2 aliphatic heterocycles. The van der Waals surface area contributed by atoms with E-state index in [1.807, 2.05) is 13.0 Å². The molecule has 18 heavy (non-hydrogen) atoms. The van der Waals surface area contributed by atoms with Crippen molar-refractivity contribution < 1.29 is 9.53 Å². The van der Waals surface area contributed by atoms with Gasteiger partial charge in [0, 0.05) is 19.1 Å². The summed E-state index contributed by atoms with van der Waals surface area (Å²) in [5.74, 6) is -0.0822. The minimum absolute atomic E-state index is 0.0822. The van der Waals surface area contributed by atoms with Gasteiger partial charge in [0.05, 0.1) is 6.61 Å². The molecule has 2 saturated heterocycles. The van der Waals surface area contributed by atoms with E-state index in [1.54, 1.807) is 0 Å². The molecule has 0 aromatic heterocycles. The second-order valence-corrected chi connectivity index (χ2v) is 5.16. The largest absolute Gasteiger partial charge is 0.465 e. The normalized spacial score (nSPS) is 31.9. The molecule has 0 aromatic carbocycles. The van der Waals surface area contributed by atoms with E-state index in [2.05, 4.69) is 16.8 Å². The second-order valence-electron chi connectivity index (χ2n) is 5.16. The quantitative estimate of drug-likeness (QED) is 0.592. The lowest BCUT2D eigenvalue weighted by Gasteiger charge is -2.39. The number of nitrogens with zero attached hydrogens (tertiary/aromatic N) is 1. The highest BCUT2D eigenvalue weighted by atomic mass is 16.5. The topological polar surface area (TPSA) is 41.6 Å². The maximum Gasteiger partial charge on any atom is 0.328 e. The molecular formula is C14H24N2O2. The molecule has 2 fully saturated rings. The Bertz CT molecular complexity index is 319. The lowest BCUT2D eigenvalue weighted by molar-refractivity contribution is -0.152. The first-order valence-corrected chi connectivity index (χ1v) is 7.02. The minimum atomic E-state index is -0.509. The number of hydrogen-bond acceptors (Lipinski definition) is 4. The molecule has 4 heteroatoms. The molecule has 0 aliphatic carbocycles. The fourth-order valence-corrected chi connectivity index (χ4v) is 3.33. The van der Waals surface area contributed by atoms with Gasteiger partial charge in [-0.3, -0.25) is 10.2 Å². The Morgan fingerprint density at radius 1 is 1.56 bits per heavy atom. The first-order valence-electron chi connectivity index (χ1n) is 7.02. The third kappa shape index (κ3) is 2.31. The van der Waals surface area contributed by atoms with Crippen LogP contribution in [0.2, 0.25) is 0 Å². The van der Waals surface area contributed by atoms with Crippen LogP contribution in [0.25, 0.3) is 0 Å². The summed E-state index contributed by atoms with van der Waals surface area (Å²) >= 11 is 0. The molecule has 4 nitrogen and oxygen atoms in total. The van der Waals surface area contributed by atoms with Gasteiger partial charge >= 0.3 is 5.97 Å². The van der Waals surface area contributed by atoms with E-state index in [0.29, 0.717) is 19.2 Å². The summed E-state index contributed by atoms with van der Waals surface area (Å²) in [5.41, 5.74) is -0.509. The van der Waals surface area contributed by atoms with Crippen molar-refractivity contribution in [3.63, 3.8) is 0 Å². The molecule has 0 saturated carbocycles. The monoisotopic (exact) mass is 252 g/mol. The summed E-state index contributed by atoms with van der Waals surface area (Å²) < 4.78 is 5.31. The highest BCUT2D eigenvalue weighted by Crippen LogP contribution is 2.36.